The van der Waals surface area contributed by atoms with Crippen molar-refractivity contribution in [2.45, 2.75) is 34.2 Å². The number of hydrogen-bond acceptors (Lipinski definition) is 3. The molecule has 0 atom stereocenters. The smallest absolute Gasteiger partial charge is 0.189 e. The summed E-state index contributed by atoms with van der Waals surface area (Å²) < 4.78 is 7.54. The van der Waals surface area contributed by atoms with Crippen molar-refractivity contribution in [2.75, 3.05) is 0 Å². The zero-order chi connectivity index (χ0) is 19.1. The van der Waals surface area contributed by atoms with E-state index in [-0.39, 0.29) is 5.43 Å². The molecule has 27 heavy (non-hydrogen) atoms. The van der Waals surface area contributed by atoms with Crippen LogP contribution in [0.15, 0.2) is 57.8 Å². The molecule has 0 bridgehead atoms. The molecule has 0 aliphatic rings. The molecule has 0 saturated carbocycles. The van der Waals surface area contributed by atoms with E-state index >= 15 is 0 Å². The maximum Gasteiger partial charge on any atom is 0.189 e. The predicted octanol–water partition coefficient (Wildman–Crippen LogP) is 4.94. The van der Waals surface area contributed by atoms with E-state index in [1.165, 1.54) is 11.1 Å². The van der Waals surface area contributed by atoms with Crippen LogP contribution >= 0.6 is 0 Å². The summed E-state index contributed by atoms with van der Waals surface area (Å²) in [4.78, 5) is 12.6. The van der Waals surface area contributed by atoms with E-state index in [0.29, 0.717) is 0 Å². The van der Waals surface area contributed by atoms with Crippen LogP contribution in [0, 0.1) is 27.7 Å². The Kier molecular flexibility index (Phi) is 4.19. The number of aromatic nitrogens is 2. The Balaban J connectivity index is 1.96. The van der Waals surface area contributed by atoms with Crippen molar-refractivity contribution in [1.82, 2.24) is 9.72 Å². The molecule has 0 spiro atoms. The van der Waals surface area contributed by atoms with Crippen molar-refractivity contribution >= 4 is 10.9 Å². The topological polar surface area (TPSA) is 48.0 Å². The SMILES string of the molecule is Cc1ccccc1Cn1c(C)cc(=O)c2ccc(-c3c(C)noc3C)cc21. The number of hydrogen-bond donors (Lipinski definition) is 0. The summed E-state index contributed by atoms with van der Waals surface area (Å²) in [5.74, 6) is 0.785. The fourth-order valence-corrected chi connectivity index (χ4v) is 3.72. The van der Waals surface area contributed by atoms with Gasteiger partial charge in [0.1, 0.15) is 5.76 Å². The largest absolute Gasteiger partial charge is 0.361 e. The Bertz CT molecular complexity index is 1200. The van der Waals surface area contributed by atoms with Crippen LogP contribution in [0.2, 0.25) is 0 Å². The minimum Gasteiger partial charge on any atom is -0.361 e. The summed E-state index contributed by atoms with van der Waals surface area (Å²) in [6, 6.07) is 16.0. The molecular formula is C23H22N2O2. The highest BCUT2D eigenvalue weighted by Gasteiger charge is 2.14. The molecule has 136 valence electrons. The van der Waals surface area contributed by atoms with E-state index in [9.17, 15) is 4.79 Å². The Morgan fingerprint density at radius 2 is 1.78 bits per heavy atom. The first-order chi connectivity index (χ1) is 13.0. The highest BCUT2D eigenvalue weighted by atomic mass is 16.5. The first-order valence-corrected chi connectivity index (χ1v) is 9.07. The number of nitrogens with zero attached hydrogens (tertiary/aromatic N) is 2. The van der Waals surface area contributed by atoms with E-state index < -0.39 is 0 Å². The minimum absolute atomic E-state index is 0.0499. The average Bonchev–Trinajstić information content (AvgIpc) is 2.98. The Morgan fingerprint density at radius 3 is 2.48 bits per heavy atom. The van der Waals surface area contributed by atoms with E-state index in [0.717, 1.165) is 45.7 Å². The van der Waals surface area contributed by atoms with Crippen LogP contribution in [0.1, 0.15) is 28.3 Å². The van der Waals surface area contributed by atoms with Gasteiger partial charge in [-0.2, -0.15) is 0 Å². The normalized spacial score (nSPS) is 11.3. The molecule has 0 saturated heterocycles. The zero-order valence-electron chi connectivity index (χ0n) is 16.0. The number of aryl methyl sites for hydroxylation is 4. The third-order valence-electron chi connectivity index (χ3n) is 5.23. The van der Waals surface area contributed by atoms with Gasteiger partial charge in [-0.05, 0) is 56.5 Å². The van der Waals surface area contributed by atoms with Crippen LogP contribution in [-0.4, -0.2) is 9.72 Å². The van der Waals surface area contributed by atoms with Crippen LogP contribution in [0.25, 0.3) is 22.0 Å². The second-order valence-electron chi connectivity index (χ2n) is 7.09. The molecule has 2 aromatic carbocycles. The van der Waals surface area contributed by atoms with Gasteiger partial charge >= 0.3 is 0 Å². The molecule has 4 aromatic rings. The monoisotopic (exact) mass is 358 g/mol. The maximum absolute atomic E-state index is 12.6. The molecule has 0 radical (unpaired) electrons. The molecule has 0 aliphatic heterocycles. The predicted molar refractivity (Wildman–Crippen MR) is 108 cm³/mol. The maximum atomic E-state index is 12.6. The minimum atomic E-state index is 0.0499. The van der Waals surface area contributed by atoms with Crippen molar-refractivity contribution < 1.29 is 4.52 Å². The van der Waals surface area contributed by atoms with E-state index in [2.05, 4.69) is 40.9 Å². The Hall–Kier alpha value is -3.14. The fraction of sp³-hybridized carbons (Fsp3) is 0.217. The third-order valence-corrected chi connectivity index (χ3v) is 5.23. The summed E-state index contributed by atoms with van der Waals surface area (Å²) in [7, 11) is 0. The standard InChI is InChI=1S/C23H22N2O2/c1-14-7-5-6-8-19(14)13-25-15(2)11-22(26)20-10-9-18(12-21(20)25)23-16(3)24-27-17(23)4/h5-12H,13H2,1-4H3. The van der Waals surface area contributed by atoms with Crippen molar-refractivity contribution in [3.8, 4) is 11.1 Å². The number of pyridine rings is 1. The molecular weight excluding hydrogens is 336 g/mol. The van der Waals surface area contributed by atoms with Gasteiger partial charge in [-0.3, -0.25) is 4.79 Å². The highest BCUT2D eigenvalue weighted by molar-refractivity contribution is 5.85. The van der Waals surface area contributed by atoms with E-state index in [1.807, 2.05) is 39.0 Å². The lowest BCUT2D eigenvalue weighted by molar-refractivity contribution is 0.393. The molecule has 0 aliphatic carbocycles. The third kappa shape index (κ3) is 2.97. The molecule has 0 fully saturated rings. The van der Waals surface area contributed by atoms with Crippen molar-refractivity contribution in [2.24, 2.45) is 0 Å². The highest BCUT2D eigenvalue weighted by Crippen LogP contribution is 2.29. The zero-order valence-corrected chi connectivity index (χ0v) is 16.0. The quantitative estimate of drug-likeness (QED) is 0.521. The Labute approximate surface area is 158 Å². The van der Waals surface area contributed by atoms with Gasteiger partial charge in [-0.25, -0.2) is 0 Å². The molecule has 4 rings (SSSR count). The molecule has 0 amide bonds. The summed E-state index contributed by atoms with van der Waals surface area (Å²) >= 11 is 0. The van der Waals surface area contributed by atoms with Crippen LogP contribution in [0.3, 0.4) is 0 Å². The van der Waals surface area contributed by atoms with E-state index in [1.54, 1.807) is 6.07 Å². The first kappa shape index (κ1) is 17.3. The van der Waals surface area contributed by atoms with Gasteiger partial charge < -0.3 is 9.09 Å². The second kappa shape index (κ2) is 6.54. The van der Waals surface area contributed by atoms with Gasteiger partial charge in [-0.1, -0.05) is 35.5 Å². The van der Waals surface area contributed by atoms with Crippen LogP contribution in [-0.2, 0) is 6.54 Å². The first-order valence-electron chi connectivity index (χ1n) is 9.07. The summed E-state index contributed by atoms with van der Waals surface area (Å²) in [5, 5.41) is 4.79. The van der Waals surface area contributed by atoms with Gasteiger partial charge in [0, 0.05) is 29.3 Å². The number of rotatable bonds is 3. The average molecular weight is 358 g/mol. The van der Waals surface area contributed by atoms with E-state index in [4.69, 9.17) is 4.52 Å². The number of fused-ring (bicyclic) bond motifs is 1. The molecule has 2 heterocycles. The van der Waals surface area contributed by atoms with Gasteiger partial charge in [0.15, 0.2) is 5.43 Å². The Morgan fingerprint density at radius 1 is 1.00 bits per heavy atom. The number of benzene rings is 2. The van der Waals surface area contributed by atoms with Gasteiger partial charge in [0.25, 0.3) is 0 Å². The molecule has 4 nitrogen and oxygen atoms in total. The van der Waals surface area contributed by atoms with Crippen molar-refractivity contribution in [1.29, 1.82) is 0 Å². The van der Waals surface area contributed by atoms with Crippen molar-refractivity contribution in [3.05, 3.63) is 87.0 Å². The van der Waals surface area contributed by atoms with Gasteiger partial charge in [0.05, 0.1) is 11.2 Å². The van der Waals surface area contributed by atoms with Crippen molar-refractivity contribution in [3.63, 3.8) is 0 Å². The van der Waals surface area contributed by atoms with Gasteiger partial charge in [0.2, 0.25) is 0 Å². The second-order valence-corrected chi connectivity index (χ2v) is 7.09. The molecule has 0 N–H and O–H groups in total. The molecule has 4 heteroatoms. The summed E-state index contributed by atoms with van der Waals surface area (Å²) in [5.41, 5.74) is 7.28. The molecule has 2 aromatic heterocycles. The molecule has 0 unspecified atom stereocenters. The van der Waals surface area contributed by atoms with Crippen LogP contribution in [0.4, 0.5) is 0 Å². The lowest BCUT2D eigenvalue weighted by Gasteiger charge is -2.17. The van der Waals surface area contributed by atoms with Crippen LogP contribution < -0.4 is 5.43 Å². The fourth-order valence-electron chi connectivity index (χ4n) is 3.72. The summed E-state index contributed by atoms with van der Waals surface area (Å²) in [6.45, 7) is 8.68. The lowest BCUT2D eigenvalue weighted by Crippen LogP contribution is -2.13. The summed E-state index contributed by atoms with van der Waals surface area (Å²) in [6.07, 6.45) is 0. The van der Waals surface area contributed by atoms with Crippen LogP contribution in [0.5, 0.6) is 0 Å². The van der Waals surface area contributed by atoms with Gasteiger partial charge in [-0.15, -0.1) is 0 Å². The lowest BCUT2D eigenvalue weighted by atomic mass is 10.0.